The maximum Gasteiger partial charge on any atom is 0.103 e. The van der Waals surface area contributed by atoms with E-state index in [0.29, 0.717) is 11.5 Å². The predicted molar refractivity (Wildman–Crippen MR) is 118 cm³/mol. The molecule has 2 nitrogen and oxygen atoms in total. The average Bonchev–Trinajstić information content (AvgIpc) is 2.66. The fourth-order valence-electron chi connectivity index (χ4n) is 4.93. The molecule has 0 radical (unpaired) electrons. The van der Waals surface area contributed by atoms with Crippen molar-refractivity contribution < 1.29 is 9.64 Å². The Labute approximate surface area is 171 Å². The molecule has 1 unspecified atom stereocenters. The molecule has 1 aliphatic rings. The van der Waals surface area contributed by atoms with Crippen molar-refractivity contribution in [3.63, 3.8) is 0 Å². The van der Waals surface area contributed by atoms with Crippen molar-refractivity contribution in [3.05, 3.63) is 71.8 Å². The molecule has 2 aromatic carbocycles. The Kier molecular flexibility index (Phi) is 6.95. The number of benzene rings is 2. The molecule has 2 atom stereocenters. The first-order valence-corrected chi connectivity index (χ1v) is 10.9. The number of nitrogens with one attached hydrogen (secondary N) is 1. The summed E-state index contributed by atoms with van der Waals surface area (Å²) in [6.07, 6.45) is 4.74. The van der Waals surface area contributed by atoms with Crippen molar-refractivity contribution in [2.75, 3.05) is 13.2 Å². The maximum absolute atomic E-state index is 6.10. The molecule has 0 amide bonds. The Bertz CT molecular complexity index is 710. The first-order chi connectivity index (χ1) is 13.4. The van der Waals surface area contributed by atoms with Crippen LogP contribution in [0.15, 0.2) is 60.7 Å². The van der Waals surface area contributed by atoms with Crippen molar-refractivity contribution >= 4 is 0 Å². The first-order valence-electron chi connectivity index (χ1n) is 10.9. The summed E-state index contributed by atoms with van der Waals surface area (Å²) in [7, 11) is 0. The molecule has 0 bridgehead atoms. The monoisotopic (exact) mass is 380 g/mol. The van der Waals surface area contributed by atoms with E-state index in [1.54, 1.807) is 4.90 Å². The van der Waals surface area contributed by atoms with Gasteiger partial charge in [-0.3, -0.25) is 0 Å². The minimum atomic E-state index is -0.0234. The summed E-state index contributed by atoms with van der Waals surface area (Å²) < 4.78 is 6.10. The molecule has 1 aliphatic heterocycles. The van der Waals surface area contributed by atoms with Gasteiger partial charge in [-0.05, 0) is 57.9 Å². The van der Waals surface area contributed by atoms with Crippen LogP contribution in [0.5, 0.6) is 0 Å². The van der Waals surface area contributed by atoms with Crippen LogP contribution in [0.25, 0.3) is 0 Å². The van der Waals surface area contributed by atoms with Crippen LogP contribution in [-0.2, 0) is 17.7 Å². The number of hydrogen-bond acceptors (Lipinski definition) is 1. The van der Waals surface area contributed by atoms with E-state index in [1.165, 1.54) is 30.5 Å². The zero-order valence-electron chi connectivity index (χ0n) is 18.2. The maximum atomic E-state index is 6.10. The standard InChI is InChI=1S/C26H37NO/c1-22(2)27(20-24-13-9-6-10-14-24)17-15-26(16-18-28-25(3,4)21-26)19-23-11-7-5-8-12-23/h5-14,22H,15-21H2,1-4H3/p+1/t26-/m0/s1. The summed E-state index contributed by atoms with van der Waals surface area (Å²) >= 11 is 0. The van der Waals surface area contributed by atoms with Crippen molar-refractivity contribution in [3.8, 4) is 0 Å². The van der Waals surface area contributed by atoms with Crippen LogP contribution in [0, 0.1) is 5.41 Å². The second-order valence-corrected chi connectivity index (χ2v) is 9.67. The molecule has 2 heteroatoms. The summed E-state index contributed by atoms with van der Waals surface area (Å²) in [6, 6.07) is 22.6. The number of hydrogen-bond donors (Lipinski definition) is 1. The summed E-state index contributed by atoms with van der Waals surface area (Å²) in [5.74, 6) is 0. The van der Waals surface area contributed by atoms with Crippen LogP contribution >= 0.6 is 0 Å². The Balaban J connectivity index is 1.74. The van der Waals surface area contributed by atoms with Gasteiger partial charge in [-0.15, -0.1) is 0 Å². The molecule has 2 aromatic rings. The van der Waals surface area contributed by atoms with E-state index in [0.717, 1.165) is 26.0 Å². The van der Waals surface area contributed by atoms with Gasteiger partial charge in [0.2, 0.25) is 0 Å². The van der Waals surface area contributed by atoms with Gasteiger partial charge < -0.3 is 9.64 Å². The highest BCUT2D eigenvalue weighted by Gasteiger charge is 2.41. The van der Waals surface area contributed by atoms with E-state index in [4.69, 9.17) is 4.74 Å². The molecule has 0 aliphatic carbocycles. The molecule has 0 aromatic heterocycles. The van der Waals surface area contributed by atoms with Gasteiger partial charge in [-0.2, -0.15) is 0 Å². The SMILES string of the molecule is CC(C)[NH+](CC[C@@]1(Cc2ccccc2)CCOC(C)(C)C1)Cc1ccccc1. The number of quaternary nitrogens is 1. The van der Waals surface area contributed by atoms with E-state index in [2.05, 4.69) is 88.4 Å². The predicted octanol–water partition coefficient (Wildman–Crippen LogP) is 4.69. The third kappa shape index (κ3) is 5.93. The van der Waals surface area contributed by atoms with Gasteiger partial charge in [-0.25, -0.2) is 0 Å². The van der Waals surface area contributed by atoms with E-state index in [-0.39, 0.29) is 5.60 Å². The first kappa shape index (κ1) is 21.1. The molecule has 1 fully saturated rings. The lowest BCUT2D eigenvalue weighted by atomic mass is 9.68. The Morgan fingerprint density at radius 2 is 1.54 bits per heavy atom. The van der Waals surface area contributed by atoms with Crippen molar-refractivity contribution in [2.24, 2.45) is 5.41 Å². The minimum Gasteiger partial charge on any atom is -0.376 e. The zero-order valence-corrected chi connectivity index (χ0v) is 18.2. The van der Waals surface area contributed by atoms with Gasteiger partial charge in [0.1, 0.15) is 6.54 Å². The number of ether oxygens (including phenoxy) is 1. The van der Waals surface area contributed by atoms with Crippen LogP contribution < -0.4 is 4.90 Å². The highest BCUT2D eigenvalue weighted by Crippen LogP contribution is 2.43. The van der Waals surface area contributed by atoms with Gasteiger partial charge in [0.05, 0.1) is 18.2 Å². The van der Waals surface area contributed by atoms with Gasteiger partial charge in [0, 0.05) is 18.6 Å². The Hall–Kier alpha value is -1.64. The van der Waals surface area contributed by atoms with E-state index in [1.807, 2.05) is 0 Å². The van der Waals surface area contributed by atoms with E-state index in [9.17, 15) is 0 Å². The van der Waals surface area contributed by atoms with Gasteiger partial charge >= 0.3 is 0 Å². The zero-order chi connectivity index (χ0) is 20.0. The lowest BCUT2D eigenvalue weighted by molar-refractivity contribution is -0.935. The van der Waals surface area contributed by atoms with Crippen molar-refractivity contribution in [1.29, 1.82) is 0 Å². The largest absolute Gasteiger partial charge is 0.376 e. The topological polar surface area (TPSA) is 13.7 Å². The van der Waals surface area contributed by atoms with Crippen molar-refractivity contribution in [2.45, 2.75) is 71.6 Å². The average molecular weight is 381 g/mol. The minimum absolute atomic E-state index is 0.0234. The van der Waals surface area contributed by atoms with Crippen molar-refractivity contribution in [1.82, 2.24) is 0 Å². The lowest BCUT2D eigenvalue weighted by Gasteiger charge is -2.45. The van der Waals surface area contributed by atoms with Crippen LogP contribution in [0.3, 0.4) is 0 Å². The van der Waals surface area contributed by atoms with Crippen LogP contribution in [-0.4, -0.2) is 24.8 Å². The summed E-state index contributed by atoms with van der Waals surface area (Å²) in [5.41, 5.74) is 3.22. The smallest absolute Gasteiger partial charge is 0.103 e. The quantitative estimate of drug-likeness (QED) is 0.701. The van der Waals surface area contributed by atoms with Crippen LogP contribution in [0.4, 0.5) is 0 Å². The molecule has 0 saturated carbocycles. The van der Waals surface area contributed by atoms with Crippen LogP contribution in [0.1, 0.15) is 58.1 Å². The molecule has 0 spiro atoms. The highest BCUT2D eigenvalue weighted by molar-refractivity contribution is 5.17. The summed E-state index contributed by atoms with van der Waals surface area (Å²) in [4.78, 5) is 1.68. The fourth-order valence-corrected chi connectivity index (χ4v) is 4.93. The third-order valence-corrected chi connectivity index (χ3v) is 6.41. The normalized spacial score (nSPS) is 22.9. The van der Waals surface area contributed by atoms with Gasteiger partial charge in [0.15, 0.2) is 0 Å². The molecule has 3 rings (SSSR count). The molecular weight excluding hydrogens is 342 g/mol. The third-order valence-electron chi connectivity index (χ3n) is 6.41. The Morgan fingerprint density at radius 1 is 0.929 bits per heavy atom. The fraction of sp³-hybridized carbons (Fsp3) is 0.538. The molecule has 1 heterocycles. The van der Waals surface area contributed by atoms with E-state index < -0.39 is 0 Å². The van der Waals surface area contributed by atoms with Gasteiger partial charge in [0.25, 0.3) is 0 Å². The lowest BCUT2D eigenvalue weighted by Crippen LogP contribution is -3.13. The summed E-state index contributed by atoms with van der Waals surface area (Å²) in [6.45, 7) is 12.5. The highest BCUT2D eigenvalue weighted by atomic mass is 16.5. The summed E-state index contributed by atoms with van der Waals surface area (Å²) in [5, 5.41) is 0. The molecule has 1 saturated heterocycles. The molecule has 152 valence electrons. The molecule has 28 heavy (non-hydrogen) atoms. The van der Waals surface area contributed by atoms with Gasteiger partial charge in [-0.1, -0.05) is 60.7 Å². The second-order valence-electron chi connectivity index (χ2n) is 9.67. The number of rotatable bonds is 8. The Morgan fingerprint density at radius 3 is 2.11 bits per heavy atom. The molecule has 1 N–H and O–H groups in total. The van der Waals surface area contributed by atoms with Crippen LogP contribution in [0.2, 0.25) is 0 Å². The second kappa shape index (κ2) is 9.24. The molecular formula is C26H38NO+. The van der Waals surface area contributed by atoms with E-state index >= 15 is 0 Å².